The number of carbonyl (C=O) groups excluding carboxylic acids is 1. The number of aryl methyl sites for hydroxylation is 2. The van der Waals surface area contributed by atoms with Gasteiger partial charge in [0.15, 0.2) is 17.3 Å². The zero-order valence-corrected chi connectivity index (χ0v) is 16.4. The Kier molecular flexibility index (Phi) is 3.67. The maximum Gasteiger partial charge on any atom is 0.231 e. The predicted molar refractivity (Wildman–Crippen MR) is 102 cm³/mol. The van der Waals surface area contributed by atoms with Crippen molar-refractivity contribution in [2.75, 3.05) is 12.1 Å². The van der Waals surface area contributed by atoms with Gasteiger partial charge in [-0.15, -0.1) is 6.58 Å². The van der Waals surface area contributed by atoms with Crippen molar-refractivity contribution in [3.63, 3.8) is 0 Å². The predicted octanol–water partition coefficient (Wildman–Crippen LogP) is 4.29. The second-order valence-corrected chi connectivity index (χ2v) is 8.01. The summed E-state index contributed by atoms with van der Waals surface area (Å²) in [5, 5.41) is 7.44. The molecule has 0 saturated carbocycles. The third-order valence-corrected chi connectivity index (χ3v) is 5.60. The van der Waals surface area contributed by atoms with E-state index in [4.69, 9.17) is 14.0 Å². The number of fused-ring (bicyclic) bond motifs is 3. The molecule has 1 atom stereocenters. The average molecular weight is 368 g/mol. The second kappa shape index (κ2) is 5.62. The quantitative estimate of drug-likeness (QED) is 0.815. The molecule has 4 rings (SSSR count). The zero-order valence-electron chi connectivity index (χ0n) is 16.4. The monoisotopic (exact) mass is 368 g/mol. The minimum Gasteiger partial charge on any atom is -0.453 e. The molecule has 0 spiro atoms. The van der Waals surface area contributed by atoms with Gasteiger partial charge in [0.05, 0.1) is 27.9 Å². The molecule has 0 saturated heterocycles. The Hall–Kier alpha value is -2.76. The van der Waals surface area contributed by atoms with Crippen LogP contribution in [-0.4, -0.2) is 23.3 Å². The number of benzene rings is 1. The second-order valence-electron chi connectivity index (χ2n) is 8.01. The Bertz CT molecular complexity index is 954. The molecule has 0 bridgehead atoms. The molecule has 6 heteroatoms. The first-order chi connectivity index (χ1) is 12.7. The Morgan fingerprint density at radius 3 is 2.59 bits per heavy atom. The largest absolute Gasteiger partial charge is 0.453 e. The molecule has 142 valence electrons. The van der Waals surface area contributed by atoms with Crippen LogP contribution in [0.3, 0.4) is 0 Å². The summed E-state index contributed by atoms with van der Waals surface area (Å²) >= 11 is 0. The molecule has 1 aromatic heterocycles. The van der Waals surface area contributed by atoms with Gasteiger partial charge in [0.25, 0.3) is 0 Å². The summed E-state index contributed by atoms with van der Waals surface area (Å²) in [7, 11) is 0. The van der Waals surface area contributed by atoms with Crippen molar-refractivity contribution in [2.24, 2.45) is 0 Å². The van der Waals surface area contributed by atoms with Gasteiger partial charge in [0, 0.05) is 5.56 Å². The van der Waals surface area contributed by atoms with Crippen molar-refractivity contribution >= 4 is 11.5 Å². The van der Waals surface area contributed by atoms with E-state index in [1.807, 2.05) is 40.7 Å². The summed E-state index contributed by atoms with van der Waals surface area (Å²) in [6, 6.07) is 2.01. The van der Waals surface area contributed by atoms with Crippen molar-refractivity contribution in [3.8, 4) is 22.6 Å². The number of nitrogens with zero attached hydrogens (tertiary/aromatic N) is 1. The first-order valence-electron chi connectivity index (χ1n) is 9.05. The standard InChI is InChI=1S/C21H24N2O4/c1-7-8-21(6)14-9-13(15-11(2)23-27-12(15)3)17-18(26-10-25-17)16(14)22-20(4,5)19(21)24/h7,9,22H,1,8,10H2,2-6H3. The van der Waals surface area contributed by atoms with Gasteiger partial charge in [-0.3, -0.25) is 4.79 Å². The lowest BCUT2D eigenvalue weighted by Crippen LogP contribution is -2.54. The maximum absolute atomic E-state index is 13.3. The van der Waals surface area contributed by atoms with E-state index >= 15 is 0 Å². The lowest BCUT2D eigenvalue weighted by atomic mass is 9.66. The lowest BCUT2D eigenvalue weighted by Gasteiger charge is -2.43. The number of aromatic nitrogens is 1. The van der Waals surface area contributed by atoms with Gasteiger partial charge < -0.3 is 19.3 Å². The minimum atomic E-state index is -0.727. The number of nitrogens with one attached hydrogen (secondary N) is 1. The van der Waals surface area contributed by atoms with Crippen LogP contribution in [-0.2, 0) is 10.2 Å². The molecule has 0 radical (unpaired) electrons. The van der Waals surface area contributed by atoms with Gasteiger partial charge in [0.1, 0.15) is 5.76 Å². The highest BCUT2D eigenvalue weighted by Gasteiger charge is 2.50. The highest BCUT2D eigenvalue weighted by atomic mass is 16.7. The summed E-state index contributed by atoms with van der Waals surface area (Å²) in [5.74, 6) is 2.11. The average Bonchev–Trinajstić information content (AvgIpc) is 3.21. The Morgan fingerprint density at radius 2 is 1.96 bits per heavy atom. The van der Waals surface area contributed by atoms with Crippen molar-refractivity contribution in [2.45, 2.75) is 52.0 Å². The normalized spacial score (nSPS) is 22.3. The summed E-state index contributed by atoms with van der Waals surface area (Å²) in [5.41, 5.74) is 2.72. The molecule has 2 aliphatic rings. The SMILES string of the molecule is C=CCC1(C)C(=O)C(C)(C)Nc2c1cc(-c1c(C)noc1C)c1c2OCO1. The Labute approximate surface area is 158 Å². The highest BCUT2D eigenvalue weighted by Crippen LogP contribution is 2.55. The van der Waals surface area contributed by atoms with E-state index < -0.39 is 11.0 Å². The molecule has 0 aliphatic carbocycles. The third kappa shape index (κ3) is 2.32. The minimum absolute atomic E-state index is 0.117. The van der Waals surface area contributed by atoms with E-state index in [2.05, 4.69) is 17.1 Å². The fourth-order valence-electron chi connectivity index (χ4n) is 4.35. The first kappa shape index (κ1) is 17.6. The smallest absolute Gasteiger partial charge is 0.231 e. The highest BCUT2D eigenvalue weighted by molar-refractivity contribution is 6.05. The summed E-state index contributed by atoms with van der Waals surface area (Å²) < 4.78 is 17.0. The number of rotatable bonds is 3. The zero-order chi connectivity index (χ0) is 19.6. The van der Waals surface area contributed by atoms with Crippen LogP contribution < -0.4 is 14.8 Å². The van der Waals surface area contributed by atoms with Gasteiger partial charge >= 0.3 is 0 Å². The van der Waals surface area contributed by atoms with Crippen molar-refractivity contribution in [1.82, 2.24) is 5.16 Å². The number of ketones is 1. The first-order valence-corrected chi connectivity index (χ1v) is 9.05. The molecule has 6 nitrogen and oxygen atoms in total. The van der Waals surface area contributed by atoms with E-state index in [9.17, 15) is 4.79 Å². The molecule has 27 heavy (non-hydrogen) atoms. The van der Waals surface area contributed by atoms with Crippen LogP contribution in [0.5, 0.6) is 11.5 Å². The number of hydrogen-bond acceptors (Lipinski definition) is 6. The van der Waals surface area contributed by atoms with Crippen molar-refractivity contribution < 1.29 is 18.8 Å². The lowest BCUT2D eigenvalue weighted by molar-refractivity contribution is -0.128. The van der Waals surface area contributed by atoms with E-state index in [1.165, 1.54) is 0 Å². The van der Waals surface area contributed by atoms with E-state index in [0.717, 1.165) is 28.1 Å². The van der Waals surface area contributed by atoms with Crippen LogP contribution in [0.2, 0.25) is 0 Å². The fraction of sp³-hybridized carbons (Fsp3) is 0.429. The number of hydrogen-bond donors (Lipinski definition) is 1. The van der Waals surface area contributed by atoms with Crippen LogP contribution in [0.15, 0.2) is 23.2 Å². The summed E-state index contributed by atoms with van der Waals surface area (Å²) in [4.78, 5) is 13.3. The number of ether oxygens (including phenoxy) is 2. The molecular formula is C21H24N2O4. The number of anilines is 1. The van der Waals surface area contributed by atoms with Gasteiger partial charge in [-0.05, 0) is 52.7 Å². The number of allylic oxidation sites excluding steroid dienone is 1. The van der Waals surface area contributed by atoms with Crippen LogP contribution in [0.25, 0.3) is 11.1 Å². The number of Topliss-reactive ketones (excluding diaryl/α,β-unsaturated/α-hetero) is 1. The number of carbonyl (C=O) groups is 1. The summed E-state index contributed by atoms with van der Waals surface area (Å²) in [6.45, 7) is 13.5. The van der Waals surface area contributed by atoms with Crippen LogP contribution in [0.1, 0.15) is 44.2 Å². The molecule has 0 amide bonds. The molecule has 0 fully saturated rings. The summed E-state index contributed by atoms with van der Waals surface area (Å²) in [6.07, 6.45) is 2.33. The van der Waals surface area contributed by atoms with Crippen molar-refractivity contribution in [1.29, 1.82) is 0 Å². The Balaban J connectivity index is 2.06. The fourth-order valence-corrected chi connectivity index (χ4v) is 4.35. The molecule has 3 heterocycles. The van der Waals surface area contributed by atoms with Gasteiger partial charge in [-0.2, -0.15) is 0 Å². The maximum atomic E-state index is 13.3. The molecule has 1 aromatic carbocycles. The van der Waals surface area contributed by atoms with Crippen LogP contribution in [0, 0.1) is 13.8 Å². The molecule has 1 N–H and O–H groups in total. The van der Waals surface area contributed by atoms with Gasteiger partial charge in [-0.25, -0.2) is 0 Å². The molecular weight excluding hydrogens is 344 g/mol. The van der Waals surface area contributed by atoms with E-state index in [-0.39, 0.29) is 12.6 Å². The van der Waals surface area contributed by atoms with Crippen molar-refractivity contribution in [3.05, 3.63) is 35.7 Å². The third-order valence-electron chi connectivity index (χ3n) is 5.60. The molecule has 1 unspecified atom stereocenters. The molecule has 2 aliphatic heterocycles. The molecule has 2 aromatic rings. The van der Waals surface area contributed by atoms with Crippen LogP contribution in [0.4, 0.5) is 5.69 Å². The van der Waals surface area contributed by atoms with E-state index in [0.29, 0.717) is 23.7 Å². The van der Waals surface area contributed by atoms with Gasteiger partial charge in [-0.1, -0.05) is 11.2 Å². The topological polar surface area (TPSA) is 73.6 Å². The Morgan fingerprint density at radius 1 is 1.26 bits per heavy atom. The van der Waals surface area contributed by atoms with E-state index in [1.54, 1.807) is 6.08 Å². The van der Waals surface area contributed by atoms with Crippen LogP contribution >= 0.6 is 0 Å². The van der Waals surface area contributed by atoms with Gasteiger partial charge in [0.2, 0.25) is 6.79 Å².